The third kappa shape index (κ3) is 3.64. The Morgan fingerprint density at radius 1 is 1.42 bits per heavy atom. The van der Waals surface area contributed by atoms with Crippen LogP contribution in [0.5, 0.6) is 0 Å². The van der Waals surface area contributed by atoms with Crippen molar-refractivity contribution in [1.82, 2.24) is 9.88 Å². The Balaban J connectivity index is 1.80. The first-order valence-electron chi connectivity index (χ1n) is 8.29. The zero-order chi connectivity index (χ0) is 16.9. The third-order valence-electron chi connectivity index (χ3n) is 4.51. The maximum Gasteiger partial charge on any atom is 0.257 e. The molecule has 5 nitrogen and oxygen atoms in total. The molecule has 0 radical (unpaired) electrons. The topological polar surface area (TPSA) is 66.6 Å². The Labute approximate surface area is 140 Å². The highest BCUT2D eigenvalue weighted by Crippen LogP contribution is 2.28. The van der Waals surface area contributed by atoms with Crippen LogP contribution in [0.1, 0.15) is 54.3 Å². The summed E-state index contributed by atoms with van der Waals surface area (Å²) in [6.07, 6.45) is 7.27. The van der Waals surface area contributed by atoms with Gasteiger partial charge in [-0.15, -0.1) is 0 Å². The molecule has 0 spiro atoms. The Kier molecular flexibility index (Phi) is 5.25. The van der Waals surface area contributed by atoms with Crippen molar-refractivity contribution < 1.29 is 18.7 Å². The molecule has 1 saturated heterocycles. The van der Waals surface area contributed by atoms with E-state index < -0.39 is 11.9 Å². The van der Waals surface area contributed by atoms with Gasteiger partial charge >= 0.3 is 0 Å². The van der Waals surface area contributed by atoms with Crippen LogP contribution in [0.15, 0.2) is 41.3 Å². The minimum atomic E-state index is -0.777. The second-order valence-corrected chi connectivity index (χ2v) is 6.12. The van der Waals surface area contributed by atoms with E-state index in [1.54, 1.807) is 17.0 Å². The molecule has 1 amide bonds. The third-order valence-corrected chi connectivity index (χ3v) is 4.51. The molecule has 1 fully saturated rings. The summed E-state index contributed by atoms with van der Waals surface area (Å²) in [7, 11) is 0. The number of amides is 1. The highest BCUT2D eigenvalue weighted by atomic mass is 19.1. The molecule has 6 heteroatoms. The van der Waals surface area contributed by atoms with Gasteiger partial charge in [0.15, 0.2) is 5.82 Å². The minimum absolute atomic E-state index is 0.0318. The van der Waals surface area contributed by atoms with Crippen molar-refractivity contribution in [2.24, 2.45) is 0 Å². The lowest BCUT2D eigenvalue weighted by Gasteiger charge is -2.31. The summed E-state index contributed by atoms with van der Waals surface area (Å²) < 4.78 is 19.2. The van der Waals surface area contributed by atoms with Crippen molar-refractivity contribution in [2.45, 2.75) is 44.2 Å². The molecular weight excluding hydrogens is 311 g/mol. The van der Waals surface area contributed by atoms with Crippen LogP contribution in [-0.2, 0) is 0 Å². The number of aliphatic hydroxyl groups excluding tert-OH is 1. The number of carbonyl (C=O) groups is 1. The van der Waals surface area contributed by atoms with Crippen molar-refractivity contribution in [3.05, 3.63) is 54.0 Å². The van der Waals surface area contributed by atoms with Crippen LogP contribution in [-0.4, -0.2) is 33.5 Å². The second-order valence-electron chi connectivity index (χ2n) is 6.12. The van der Waals surface area contributed by atoms with E-state index in [4.69, 9.17) is 4.42 Å². The van der Waals surface area contributed by atoms with Crippen molar-refractivity contribution in [3.63, 3.8) is 0 Å². The number of nitrogens with zero attached hydrogens (tertiary/aromatic N) is 2. The number of aromatic nitrogens is 1. The molecule has 3 heterocycles. The molecule has 1 aliphatic heterocycles. The van der Waals surface area contributed by atoms with E-state index in [2.05, 4.69) is 4.98 Å². The zero-order valence-corrected chi connectivity index (χ0v) is 13.4. The first-order chi connectivity index (χ1) is 11.7. The molecule has 1 N–H and O–H groups in total. The number of rotatable bonds is 4. The predicted molar refractivity (Wildman–Crippen MR) is 85.8 cm³/mol. The average molecular weight is 332 g/mol. The van der Waals surface area contributed by atoms with Gasteiger partial charge in [0.25, 0.3) is 5.91 Å². The van der Waals surface area contributed by atoms with Crippen LogP contribution >= 0.6 is 0 Å². The van der Waals surface area contributed by atoms with E-state index in [1.165, 1.54) is 18.5 Å². The highest BCUT2D eigenvalue weighted by molar-refractivity contribution is 5.94. The van der Waals surface area contributed by atoms with Crippen LogP contribution in [0.3, 0.4) is 0 Å². The van der Waals surface area contributed by atoms with Gasteiger partial charge in [-0.1, -0.05) is 12.8 Å². The van der Waals surface area contributed by atoms with Crippen LogP contribution < -0.4 is 0 Å². The predicted octanol–water partition coefficient (Wildman–Crippen LogP) is 3.32. The minimum Gasteiger partial charge on any atom is -0.467 e. The van der Waals surface area contributed by atoms with Gasteiger partial charge in [-0.3, -0.25) is 9.78 Å². The number of likely N-dealkylation sites (tertiary alicyclic amines) is 1. The van der Waals surface area contributed by atoms with Crippen molar-refractivity contribution in [1.29, 1.82) is 0 Å². The lowest BCUT2D eigenvalue weighted by atomic mass is 10.0. The van der Waals surface area contributed by atoms with Gasteiger partial charge in [0.05, 0.1) is 18.0 Å². The summed E-state index contributed by atoms with van der Waals surface area (Å²) >= 11 is 0. The Bertz CT molecular complexity index is 675. The number of furan rings is 1. The Morgan fingerprint density at radius 2 is 2.29 bits per heavy atom. The van der Waals surface area contributed by atoms with Crippen LogP contribution in [0.4, 0.5) is 4.39 Å². The van der Waals surface area contributed by atoms with Gasteiger partial charge in [0.1, 0.15) is 11.9 Å². The normalized spacial score (nSPS) is 19.8. The molecule has 0 aliphatic carbocycles. The summed E-state index contributed by atoms with van der Waals surface area (Å²) in [6, 6.07) is 4.70. The zero-order valence-electron chi connectivity index (χ0n) is 13.4. The maximum atomic E-state index is 13.9. The number of hydrogen-bond donors (Lipinski definition) is 1. The highest BCUT2D eigenvalue weighted by Gasteiger charge is 2.30. The lowest BCUT2D eigenvalue weighted by Crippen LogP contribution is -2.41. The first-order valence-corrected chi connectivity index (χ1v) is 8.29. The van der Waals surface area contributed by atoms with E-state index in [0.717, 1.165) is 31.9 Å². The molecule has 2 unspecified atom stereocenters. The van der Waals surface area contributed by atoms with Crippen LogP contribution in [0.2, 0.25) is 0 Å². The summed E-state index contributed by atoms with van der Waals surface area (Å²) in [5, 5.41) is 10.4. The fraction of sp³-hybridized carbons (Fsp3) is 0.444. The summed E-state index contributed by atoms with van der Waals surface area (Å²) in [6.45, 7) is 0.566. The standard InChI is InChI=1S/C18H21FN2O3/c19-15-12-20-8-7-14(15)18(23)21-9-3-1-2-5-13(21)11-16(22)17-6-4-10-24-17/h4,6-8,10,12-13,16,22H,1-3,5,9,11H2. The van der Waals surface area contributed by atoms with E-state index >= 15 is 0 Å². The van der Waals surface area contributed by atoms with Gasteiger partial charge in [0, 0.05) is 25.2 Å². The molecule has 2 atom stereocenters. The average Bonchev–Trinajstić information content (AvgIpc) is 3.03. The number of halogens is 1. The van der Waals surface area contributed by atoms with Gasteiger partial charge in [-0.25, -0.2) is 4.39 Å². The van der Waals surface area contributed by atoms with E-state index in [-0.39, 0.29) is 17.5 Å². The molecule has 3 rings (SSSR count). The number of pyridine rings is 1. The lowest BCUT2D eigenvalue weighted by molar-refractivity contribution is 0.0553. The van der Waals surface area contributed by atoms with Crippen LogP contribution in [0, 0.1) is 5.82 Å². The number of hydrogen-bond acceptors (Lipinski definition) is 4. The van der Waals surface area contributed by atoms with Crippen LogP contribution in [0.25, 0.3) is 0 Å². The quantitative estimate of drug-likeness (QED) is 0.933. The van der Waals surface area contributed by atoms with Gasteiger partial charge in [-0.2, -0.15) is 0 Å². The Hall–Kier alpha value is -2.21. The largest absolute Gasteiger partial charge is 0.467 e. The smallest absolute Gasteiger partial charge is 0.257 e. The molecule has 0 saturated carbocycles. The molecule has 0 bridgehead atoms. The molecule has 0 aromatic carbocycles. The second kappa shape index (κ2) is 7.57. The summed E-state index contributed by atoms with van der Waals surface area (Å²) in [5.41, 5.74) is 0.0318. The molecule has 128 valence electrons. The SMILES string of the molecule is O=C(c1ccncc1F)N1CCCCCC1CC(O)c1ccco1. The first kappa shape index (κ1) is 16.6. The molecular formula is C18H21FN2O3. The van der Waals surface area contributed by atoms with E-state index in [9.17, 15) is 14.3 Å². The summed E-state index contributed by atoms with van der Waals surface area (Å²) in [4.78, 5) is 18.2. The monoisotopic (exact) mass is 332 g/mol. The van der Waals surface area contributed by atoms with Crippen molar-refractivity contribution in [3.8, 4) is 0 Å². The van der Waals surface area contributed by atoms with Crippen molar-refractivity contribution >= 4 is 5.91 Å². The van der Waals surface area contributed by atoms with Gasteiger partial charge < -0.3 is 14.4 Å². The van der Waals surface area contributed by atoms with E-state index in [0.29, 0.717) is 18.7 Å². The van der Waals surface area contributed by atoms with Crippen molar-refractivity contribution in [2.75, 3.05) is 6.54 Å². The number of carbonyl (C=O) groups excluding carboxylic acids is 1. The molecule has 1 aliphatic rings. The Morgan fingerprint density at radius 3 is 3.04 bits per heavy atom. The molecule has 24 heavy (non-hydrogen) atoms. The van der Waals surface area contributed by atoms with E-state index in [1.807, 2.05) is 0 Å². The fourth-order valence-electron chi connectivity index (χ4n) is 3.25. The molecule has 2 aromatic heterocycles. The molecule has 2 aromatic rings. The summed E-state index contributed by atoms with van der Waals surface area (Å²) in [5.74, 6) is -0.465. The van der Waals surface area contributed by atoms with Gasteiger partial charge in [-0.05, 0) is 31.0 Å². The van der Waals surface area contributed by atoms with Gasteiger partial charge in [0.2, 0.25) is 0 Å². The number of aliphatic hydroxyl groups is 1. The maximum absolute atomic E-state index is 13.9. The fourth-order valence-corrected chi connectivity index (χ4v) is 3.25.